The second-order valence-corrected chi connectivity index (χ2v) is 6.15. The third-order valence-corrected chi connectivity index (χ3v) is 3.71. The lowest BCUT2D eigenvalue weighted by Gasteiger charge is -2.07. The molecule has 0 spiro atoms. The monoisotopic (exact) mass is 290 g/mol. The summed E-state index contributed by atoms with van der Waals surface area (Å²) in [5.41, 5.74) is 7.69. The number of nitrogens with two attached hydrogens (primary N) is 1. The standard InChI is InChI=1S/C18H30N2O/c1-15(2)9-5-3-4-8-14-20-18(21)13-12-16-10-6-7-11-17(16)19/h6-7,10-11,15H,3-5,8-9,12-14,19H2,1-2H3,(H,20,21). The number of nitrogens with one attached hydrogen (secondary N) is 1. The van der Waals surface area contributed by atoms with E-state index < -0.39 is 0 Å². The van der Waals surface area contributed by atoms with E-state index in [0.29, 0.717) is 12.8 Å². The molecule has 0 bridgehead atoms. The Morgan fingerprint density at radius 1 is 1.14 bits per heavy atom. The minimum absolute atomic E-state index is 0.125. The van der Waals surface area contributed by atoms with Gasteiger partial charge >= 0.3 is 0 Å². The van der Waals surface area contributed by atoms with Crippen molar-refractivity contribution < 1.29 is 4.79 Å². The highest BCUT2D eigenvalue weighted by Gasteiger charge is 2.03. The normalized spacial score (nSPS) is 10.8. The summed E-state index contributed by atoms with van der Waals surface area (Å²) in [6.45, 7) is 5.32. The van der Waals surface area contributed by atoms with Gasteiger partial charge in [-0.1, -0.05) is 57.7 Å². The van der Waals surface area contributed by atoms with Crippen LogP contribution in [0.2, 0.25) is 0 Å². The van der Waals surface area contributed by atoms with Crippen molar-refractivity contribution in [2.75, 3.05) is 12.3 Å². The molecular weight excluding hydrogens is 260 g/mol. The van der Waals surface area contributed by atoms with Crippen molar-refractivity contribution in [2.45, 2.75) is 58.8 Å². The van der Waals surface area contributed by atoms with Gasteiger partial charge in [-0.3, -0.25) is 4.79 Å². The van der Waals surface area contributed by atoms with E-state index in [1.807, 2.05) is 24.3 Å². The summed E-state index contributed by atoms with van der Waals surface area (Å²) in [5.74, 6) is 0.926. The number of para-hydroxylation sites is 1. The van der Waals surface area contributed by atoms with Crippen LogP contribution < -0.4 is 11.1 Å². The summed E-state index contributed by atoms with van der Waals surface area (Å²) in [4.78, 5) is 11.8. The van der Waals surface area contributed by atoms with Crippen LogP contribution in [0.3, 0.4) is 0 Å². The van der Waals surface area contributed by atoms with Gasteiger partial charge < -0.3 is 11.1 Å². The average Bonchev–Trinajstić information content (AvgIpc) is 2.45. The van der Waals surface area contributed by atoms with Gasteiger partial charge in [-0.15, -0.1) is 0 Å². The van der Waals surface area contributed by atoms with Gasteiger partial charge in [-0.05, 0) is 30.4 Å². The Morgan fingerprint density at radius 2 is 1.86 bits per heavy atom. The van der Waals surface area contributed by atoms with Crippen molar-refractivity contribution in [1.82, 2.24) is 5.32 Å². The van der Waals surface area contributed by atoms with Gasteiger partial charge in [-0.25, -0.2) is 0 Å². The maximum absolute atomic E-state index is 11.8. The van der Waals surface area contributed by atoms with Crippen LogP contribution in [0.4, 0.5) is 5.69 Å². The summed E-state index contributed by atoms with van der Waals surface area (Å²) < 4.78 is 0. The summed E-state index contributed by atoms with van der Waals surface area (Å²) in [7, 11) is 0. The van der Waals surface area contributed by atoms with Crippen LogP contribution in [0, 0.1) is 5.92 Å². The molecule has 0 aliphatic heterocycles. The Kier molecular flexibility index (Phi) is 8.56. The second-order valence-electron chi connectivity index (χ2n) is 6.15. The van der Waals surface area contributed by atoms with Gasteiger partial charge in [0.25, 0.3) is 0 Å². The van der Waals surface area contributed by atoms with E-state index in [-0.39, 0.29) is 5.91 Å². The third-order valence-electron chi connectivity index (χ3n) is 3.71. The fourth-order valence-electron chi connectivity index (χ4n) is 2.36. The number of amides is 1. The van der Waals surface area contributed by atoms with Crippen LogP contribution in [0.15, 0.2) is 24.3 Å². The van der Waals surface area contributed by atoms with Gasteiger partial charge in [0.2, 0.25) is 5.91 Å². The Labute approximate surface area is 129 Å². The molecule has 0 atom stereocenters. The molecule has 0 heterocycles. The maximum atomic E-state index is 11.8. The van der Waals surface area contributed by atoms with Crippen molar-refractivity contribution in [1.29, 1.82) is 0 Å². The first-order chi connectivity index (χ1) is 10.1. The SMILES string of the molecule is CC(C)CCCCCCNC(=O)CCc1ccccc1N. The highest BCUT2D eigenvalue weighted by Crippen LogP contribution is 2.12. The van der Waals surface area contributed by atoms with Crippen molar-refractivity contribution in [2.24, 2.45) is 5.92 Å². The molecule has 0 saturated carbocycles. The number of anilines is 1. The lowest BCUT2D eigenvalue weighted by atomic mass is 10.0. The average molecular weight is 290 g/mol. The zero-order chi connectivity index (χ0) is 15.5. The highest BCUT2D eigenvalue weighted by molar-refractivity contribution is 5.76. The van der Waals surface area contributed by atoms with E-state index in [1.54, 1.807) is 0 Å². The molecule has 1 aromatic carbocycles. The second kappa shape index (κ2) is 10.3. The van der Waals surface area contributed by atoms with Gasteiger partial charge in [0.05, 0.1) is 0 Å². The topological polar surface area (TPSA) is 55.1 Å². The Morgan fingerprint density at radius 3 is 2.57 bits per heavy atom. The first-order valence-corrected chi connectivity index (χ1v) is 8.19. The van der Waals surface area contributed by atoms with Crippen LogP contribution in [0.5, 0.6) is 0 Å². The molecule has 0 radical (unpaired) electrons. The van der Waals surface area contributed by atoms with Crippen LogP contribution >= 0.6 is 0 Å². The largest absolute Gasteiger partial charge is 0.399 e. The van der Waals surface area contributed by atoms with Crippen LogP contribution in [-0.2, 0) is 11.2 Å². The number of hydrogen-bond acceptors (Lipinski definition) is 2. The van der Waals surface area contributed by atoms with E-state index in [1.165, 1.54) is 25.7 Å². The number of aryl methyl sites for hydroxylation is 1. The van der Waals surface area contributed by atoms with E-state index in [2.05, 4.69) is 19.2 Å². The first kappa shape index (κ1) is 17.5. The lowest BCUT2D eigenvalue weighted by Crippen LogP contribution is -2.24. The Hall–Kier alpha value is -1.51. The molecule has 0 aliphatic carbocycles. The number of unbranched alkanes of at least 4 members (excludes halogenated alkanes) is 3. The van der Waals surface area contributed by atoms with E-state index in [0.717, 1.165) is 30.1 Å². The minimum atomic E-state index is 0.125. The predicted molar refractivity (Wildman–Crippen MR) is 90.1 cm³/mol. The fourth-order valence-corrected chi connectivity index (χ4v) is 2.36. The molecule has 3 nitrogen and oxygen atoms in total. The summed E-state index contributed by atoms with van der Waals surface area (Å²) >= 11 is 0. The quantitative estimate of drug-likeness (QED) is 0.507. The molecule has 1 rings (SSSR count). The molecule has 0 aliphatic rings. The van der Waals surface area contributed by atoms with Gasteiger partial charge in [0, 0.05) is 18.7 Å². The van der Waals surface area contributed by atoms with Crippen molar-refractivity contribution in [3.63, 3.8) is 0 Å². The number of carbonyl (C=O) groups excluding carboxylic acids is 1. The van der Waals surface area contributed by atoms with Crippen LogP contribution in [-0.4, -0.2) is 12.5 Å². The summed E-state index contributed by atoms with van der Waals surface area (Å²) in [6, 6.07) is 7.74. The molecule has 118 valence electrons. The number of nitrogen functional groups attached to an aromatic ring is 1. The van der Waals surface area contributed by atoms with Crippen LogP contribution in [0.1, 0.15) is 57.9 Å². The molecule has 0 unspecified atom stereocenters. The molecule has 0 fully saturated rings. The fraction of sp³-hybridized carbons (Fsp3) is 0.611. The molecular formula is C18H30N2O. The van der Waals surface area contributed by atoms with Crippen molar-refractivity contribution >= 4 is 11.6 Å². The molecule has 3 N–H and O–H groups in total. The minimum Gasteiger partial charge on any atom is -0.399 e. The third kappa shape index (κ3) is 8.38. The predicted octanol–water partition coefficient (Wildman–Crippen LogP) is 3.92. The van der Waals surface area contributed by atoms with E-state index >= 15 is 0 Å². The zero-order valence-electron chi connectivity index (χ0n) is 13.5. The molecule has 1 aromatic rings. The molecule has 21 heavy (non-hydrogen) atoms. The summed E-state index contributed by atoms with van der Waals surface area (Å²) in [6.07, 6.45) is 7.41. The number of hydrogen-bond donors (Lipinski definition) is 2. The van der Waals surface area contributed by atoms with E-state index in [4.69, 9.17) is 5.73 Å². The molecule has 1 amide bonds. The maximum Gasteiger partial charge on any atom is 0.220 e. The van der Waals surface area contributed by atoms with Crippen LogP contribution in [0.25, 0.3) is 0 Å². The zero-order valence-corrected chi connectivity index (χ0v) is 13.5. The Bertz CT molecular complexity index is 415. The van der Waals surface area contributed by atoms with Gasteiger partial charge in [-0.2, -0.15) is 0 Å². The lowest BCUT2D eigenvalue weighted by molar-refractivity contribution is -0.121. The van der Waals surface area contributed by atoms with E-state index in [9.17, 15) is 4.79 Å². The molecule has 0 saturated heterocycles. The molecule has 3 heteroatoms. The molecule has 0 aromatic heterocycles. The summed E-state index contributed by atoms with van der Waals surface area (Å²) in [5, 5.41) is 2.99. The number of benzene rings is 1. The van der Waals surface area contributed by atoms with Gasteiger partial charge in [0.15, 0.2) is 0 Å². The smallest absolute Gasteiger partial charge is 0.220 e. The number of carbonyl (C=O) groups is 1. The number of rotatable bonds is 10. The Balaban J connectivity index is 2.03. The highest BCUT2D eigenvalue weighted by atomic mass is 16.1. The van der Waals surface area contributed by atoms with Crippen molar-refractivity contribution in [3.8, 4) is 0 Å². The van der Waals surface area contributed by atoms with Gasteiger partial charge in [0.1, 0.15) is 0 Å². The first-order valence-electron chi connectivity index (χ1n) is 8.19. The van der Waals surface area contributed by atoms with Crippen molar-refractivity contribution in [3.05, 3.63) is 29.8 Å².